The van der Waals surface area contributed by atoms with Crippen molar-refractivity contribution in [2.24, 2.45) is 0 Å². The molecule has 4 heteroatoms. The molecule has 0 aromatic heterocycles. The summed E-state index contributed by atoms with van der Waals surface area (Å²) in [6.07, 6.45) is 0.865. The largest absolute Gasteiger partial charge is 0.287 e. The van der Waals surface area contributed by atoms with Crippen LogP contribution in [0.25, 0.3) is 11.1 Å². The number of benzene rings is 4. The van der Waals surface area contributed by atoms with Crippen LogP contribution in [0.2, 0.25) is 0 Å². The van der Waals surface area contributed by atoms with Crippen LogP contribution in [0.3, 0.4) is 0 Å². The molecular weight excluding hydrogens is 492 g/mol. The van der Waals surface area contributed by atoms with Gasteiger partial charge < -0.3 is 0 Å². The molecule has 0 spiro atoms. The molecule has 5 rings (SSSR count). The van der Waals surface area contributed by atoms with Gasteiger partial charge in [0.2, 0.25) is 0 Å². The van der Waals surface area contributed by atoms with Gasteiger partial charge >= 0.3 is 0 Å². The Balaban J connectivity index is 1.29. The Bertz CT molecular complexity index is 1520. The Kier molecular flexibility index (Phi) is 7.33. The predicted octanol–water partition coefficient (Wildman–Crippen LogP) is 7.33. The van der Waals surface area contributed by atoms with Crippen molar-refractivity contribution in [3.63, 3.8) is 0 Å². The number of carbonyl (C=O) groups excluding carboxylic acids is 2. The number of carbonyl (C=O) groups is 2. The molecule has 0 bridgehead atoms. The van der Waals surface area contributed by atoms with Gasteiger partial charge in [0.15, 0.2) is 10.2 Å². The highest BCUT2D eigenvalue weighted by molar-refractivity contribution is 8.13. The third kappa shape index (κ3) is 6.25. The molecule has 0 N–H and O–H groups in total. The van der Waals surface area contributed by atoms with Gasteiger partial charge in [0.25, 0.3) is 0 Å². The molecule has 1 aliphatic carbocycles. The van der Waals surface area contributed by atoms with E-state index in [1.807, 2.05) is 48.5 Å². The number of rotatable bonds is 2. The molecule has 178 valence electrons. The van der Waals surface area contributed by atoms with Crippen molar-refractivity contribution in [1.29, 1.82) is 0 Å². The summed E-state index contributed by atoms with van der Waals surface area (Å²) in [6, 6.07) is 28.3. The second-order valence-electron chi connectivity index (χ2n) is 8.66. The molecule has 0 heterocycles. The van der Waals surface area contributed by atoms with Crippen molar-refractivity contribution in [1.82, 2.24) is 0 Å². The van der Waals surface area contributed by atoms with E-state index in [2.05, 4.69) is 60.1 Å². The zero-order chi connectivity index (χ0) is 25.8. The SMILES string of the molecule is CC(=O)Sc1ccc(C#Cc2ccc3c(c2)Cc2cc(C#Cc4ccc(SC(C)=O)cc4)ccc2-3)cc1. The summed E-state index contributed by atoms with van der Waals surface area (Å²) in [7, 11) is 0. The summed E-state index contributed by atoms with van der Waals surface area (Å²) in [5, 5.41) is 0.154. The minimum atomic E-state index is 0.0770. The van der Waals surface area contributed by atoms with Crippen molar-refractivity contribution < 1.29 is 9.59 Å². The molecule has 0 unspecified atom stereocenters. The zero-order valence-corrected chi connectivity index (χ0v) is 22.1. The van der Waals surface area contributed by atoms with Gasteiger partial charge in [-0.05, 0) is 101 Å². The summed E-state index contributed by atoms with van der Waals surface area (Å²) in [5.74, 6) is 13.0. The third-order valence-corrected chi connectivity index (χ3v) is 7.41. The molecule has 0 amide bonds. The first kappa shape index (κ1) is 24.7. The van der Waals surface area contributed by atoms with Crippen molar-refractivity contribution in [2.45, 2.75) is 30.1 Å². The highest BCUT2D eigenvalue weighted by Crippen LogP contribution is 2.37. The standard InChI is InChI=1S/C33H22O2S2/c1-22(34)36-30-13-7-24(8-14-30)3-5-26-11-17-32-28(19-26)21-29-20-27(12-18-33(29)32)6-4-25-9-15-31(16-10-25)37-23(2)35/h7-20H,21H2,1-2H3. The van der Waals surface area contributed by atoms with E-state index < -0.39 is 0 Å². The van der Waals surface area contributed by atoms with E-state index in [4.69, 9.17) is 0 Å². The van der Waals surface area contributed by atoms with Crippen LogP contribution in [0.4, 0.5) is 0 Å². The van der Waals surface area contributed by atoms with E-state index in [9.17, 15) is 9.59 Å². The summed E-state index contributed by atoms with van der Waals surface area (Å²) in [5.41, 5.74) is 8.88. The van der Waals surface area contributed by atoms with Gasteiger partial charge in [-0.1, -0.05) is 59.3 Å². The molecular formula is C33H22O2S2. The lowest BCUT2D eigenvalue weighted by Crippen LogP contribution is -1.84. The van der Waals surface area contributed by atoms with E-state index in [-0.39, 0.29) is 10.2 Å². The quantitative estimate of drug-likeness (QED) is 0.182. The summed E-state index contributed by atoms with van der Waals surface area (Å²) < 4.78 is 0. The molecule has 0 saturated heterocycles. The van der Waals surface area contributed by atoms with Gasteiger partial charge in [-0.2, -0.15) is 0 Å². The molecule has 2 nitrogen and oxygen atoms in total. The fourth-order valence-electron chi connectivity index (χ4n) is 4.20. The van der Waals surface area contributed by atoms with Gasteiger partial charge in [-0.25, -0.2) is 0 Å². The second-order valence-corrected chi connectivity index (χ2v) is 11.2. The first-order chi connectivity index (χ1) is 17.9. The predicted molar refractivity (Wildman–Crippen MR) is 153 cm³/mol. The molecule has 0 fully saturated rings. The first-order valence-electron chi connectivity index (χ1n) is 11.8. The molecule has 0 aliphatic heterocycles. The van der Waals surface area contributed by atoms with E-state index in [0.29, 0.717) is 0 Å². The van der Waals surface area contributed by atoms with Gasteiger partial charge in [-0.15, -0.1) is 0 Å². The molecule has 37 heavy (non-hydrogen) atoms. The highest BCUT2D eigenvalue weighted by atomic mass is 32.2. The fourth-order valence-corrected chi connectivity index (χ4v) is 5.41. The average Bonchev–Trinajstić information content (AvgIpc) is 3.24. The van der Waals surface area contributed by atoms with Crippen LogP contribution in [-0.2, 0) is 16.0 Å². The van der Waals surface area contributed by atoms with Crippen LogP contribution in [0.1, 0.15) is 47.2 Å². The van der Waals surface area contributed by atoms with Crippen LogP contribution in [0.15, 0.2) is 94.7 Å². The smallest absolute Gasteiger partial charge is 0.190 e. The number of hydrogen-bond acceptors (Lipinski definition) is 4. The third-order valence-electron chi connectivity index (χ3n) is 5.82. The normalized spacial score (nSPS) is 10.9. The Morgan fingerprint density at radius 3 is 1.27 bits per heavy atom. The van der Waals surface area contributed by atoms with Crippen LogP contribution in [0.5, 0.6) is 0 Å². The topological polar surface area (TPSA) is 34.1 Å². The maximum Gasteiger partial charge on any atom is 0.190 e. The number of fused-ring (bicyclic) bond motifs is 3. The summed E-state index contributed by atoms with van der Waals surface area (Å²) >= 11 is 2.45. The maximum absolute atomic E-state index is 11.2. The lowest BCUT2D eigenvalue weighted by Gasteiger charge is -2.02. The zero-order valence-electron chi connectivity index (χ0n) is 20.4. The maximum atomic E-state index is 11.2. The summed E-state index contributed by atoms with van der Waals surface area (Å²) in [6.45, 7) is 3.13. The van der Waals surface area contributed by atoms with E-state index in [1.54, 1.807) is 13.8 Å². The minimum Gasteiger partial charge on any atom is -0.287 e. The van der Waals surface area contributed by atoms with Crippen LogP contribution >= 0.6 is 23.5 Å². The van der Waals surface area contributed by atoms with Crippen LogP contribution in [0, 0.1) is 23.7 Å². The molecule has 1 aliphatic rings. The Morgan fingerprint density at radius 1 is 0.541 bits per heavy atom. The molecule has 0 radical (unpaired) electrons. The fraction of sp³-hybridized carbons (Fsp3) is 0.0909. The number of thioether (sulfide) groups is 2. The Hall–Kier alpha value is -3.96. The van der Waals surface area contributed by atoms with Gasteiger partial charge in [0, 0.05) is 45.9 Å². The highest BCUT2D eigenvalue weighted by Gasteiger charge is 2.18. The number of hydrogen-bond donors (Lipinski definition) is 0. The summed E-state index contributed by atoms with van der Waals surface area (Å²) in [4.78, 5) is 24.4. The van der Waals surface area contributed by atoms with Gasteiger partial charge in [-0.3, -0.25) is 9.59 Å². The minimum absolute atomic E-state index is 0.0770. The molecule has 4 aromatic carbocycles. The Labute approximate surface area is 225 Å². The second kappa shape index (κ2) is 11.0. The van der Waals surface area contributed by atoms with E-state index in [0.717, 1.165) is 38.5 Å². The van der Waals surface area contributed by atoms with Crippen molar-refractivity contribution in [3.05, 3.63) is 118 Å². The Morgan fingerprint density at radius 2 is 0.892 bits per heavy atom. The lowest BCUT2D eigenvalue weighted by atomic mass is 10.0. The first-order valence-corrected chi connectivity index (χ1v) is 13.4. The monoisotopic (exact) mass is 514 g/mol. The van der Waals surface area contributed by atoms with Gasteiger partial charge in [0.05, 0.1) is 0 Å². The van der Waals surface area contributed by atoms with Crippen LogP contribution in [-0.4, -0.2) is 10.2 Å². The van der Waals surface area contributed by atoms with Crippen molar-refractivity contribution in [3.8, 4) is 34.8 Å². The molecule has 4 aromatic rings. The van der Waals surface area contributed by atoms with Crippen molar-refractivity contribution in [2.75, 3.05) is 0 Å². The van der Waals surface area contributed by atoms with E-state index >= 15 is 0 Å². The van der Waals surface area contributed by atoms with Crippen molar-refractivity contribution >= 4 is 33.8 Å². The molecule has 0 atom stereocenters. The van der Waals surface area contributed by atoms with Gasteiger partial charge in [0.1, 0.15) is 0 Å². The van der Waals surface area contributed by atoms with E-state index in [1.165, 1.54) is 45.8 Å². The van der Waals surface area contributed by atoms with Crippen LogP contribution < -0.4 is 0 Å². The lowest BCUT2D eigenvalue weighted by molar-refractivity contribution is -0.109. The average molecular weight is 515 g/mol. The molecule has 0 saturated carbocycles.